The number of aromatic nitrogens is 1. The Morgan fingerprint density at radius 3 is 2.53 bits per heavy atom. The van der Waals surface area contributed by atoms with Crippen molar-refractivity contribution in [3.8, 4) is 23.1 Å². The summed E-state index contributed by atoms with van der Waals surface area (Å²) in [6.45, 7) is 2.96. The Labute approximate surface area is 217 Å². The van der Waals surface area contributed by atoms with Crippen LogP contribution in [-0.2, 0) is 4.74 Å². The minimum absolute atomic E-state index is 0.0437. The van der Waals surface area contributed by atoms with E-state index in [0.717, 1.165) is 43.1 Å². The summed E-state index contributed by atoms with van der Waals surface area (Å²) < 4.78 is 86.9. The highest BCUT2D eigenvalue weighted by Gasteiger charge is 2.24. The standard InChI is InChI=1S/C30H27F6NO/c1-2-3-4-5-20-7-10-23(38-18-20)9-6-19-8-11-27(37-17-19)21-14-22-16-25(31)24(12-13-30(34,35)36)29(33)28(22)26(32)15-21/h6,8-9,11,14-17,20,23H,2-5,7,10,18H2,1H3/b9-6+. The van der Waals surface area contributed by atoms with Crippen LogP contribution in [0.25, 0.3) is 28.1 Å². The molecule has 8 heteroatoms. The lowest BCUT2D eigenvalue weighted by molar-refractivity contribution is -0.0696. The van der Waals surface area contributed by atoms with Crippen LogP contribution in [0.2, 0.25) is 0 Å². The molecule has 1 aliphatic heterocycles. The van der Waals surface area contributed by atoms with Gasteiger partial charge in [-0.15, -0.1) is 0 Å². The molecule has 0 spiro atoms. The minimum atomic E-state index is -4.94. The molecule has 0 aliphatic carbocycles. The second kappa shape index (κ2) is 12.0. The van der Waals surface area contributed by atoms with Gasteiger partial charge in [-0.1, -0.05) is 50.3 Å². The number of ether oxygens (including phenoxy) is 1. The average Bonchev–Trinajstić information content (AvgIpc) is 2.87. The van der Waals surface area contributed by atoms with Crippen molar-refractivity contribution in [3.63, 3.8) is 0 Å². The van der Waals surface area contributed by atoms with Crippen LogP contribution in [0, 0.1) is 35.2 Å². The Bertz CT molecular complexity index is 1360. The second-order valence-electron chi connectivity index (χ2n) is 9.50. The van der Waals surface area contributed by atoms with E-state index in [1.165, 1.54) is 37.7 Å². The zero-order valence-corrected chi connectivity index (χ0v) is 20.8. The molecule has 2 heterocycles. The topological polar surface area (TPSA) is 22.1 Å². The molecule has 0 N–H and O–H groups in total. The molecular weight excluding hydrogens is 504 g/mol. The molecule has 38 heavy (non-hydrogen) atoms. The predicted octanol–water partition coefficient (Wildman–Crippen LogP) is 8.62. The summed E-state index contributed by atoms with van der Waals surface area (Å²) in [5.41, 5.74) is 0.315. The Morgan fingerprint density at radius 1 is 1.05 bits per heavy atom. The van der Waals surface area contributed by atoms with Gasteiger partial charge in [0.1, 0.15) is 11.6 Å². The third kappa shape index (κ3) is 6.96. The molecule has 0 amide bonds. The molecule has 3 aromatic rings. The normalized spacial score (nSPS) is 18.1. The van der Waals surface area contributed by atoms with Gasteiger partial charge in [-0.25, -0.2) is 13.2 Å². The third-order valence-electron chi connectivity index (χ3n) is 6.62. The number of pyridine rings is 1. The molecule has 2 aromatic carbocycles. The fourth-order valence-electron chi connectivity index (χ4n) is 4.59. The lowest BCUT2D eigenvalue weighted by Crippen LogP contribution is -2.24. The summed E-state index contributed by atoms with van der Waals surface area (Å²) in [5.74, 6) is -0.993. The van der Waals surface area contributed by atoms with E-state index >= 15 is 0 Å². The van der Waals surface area contributed by atoms with Gasteiger partial charge in [0.05, 0.1) is 29.4 Å². The summed E-state index contributed by atoms with van der Waals surface area (Å²) in [6.07, 6.45) is 7.63. The fourth-order valence-corrected chi connectivity index (χ4v) is 4.59. The molecule has 1 aromatic heterocycles. The van der Waals surface area contributed by atoms with E-state index in [1.54, 1.807) is 18.3 Å². The Hall–Kier alpha value is -3.31. The van der Waals surface area contributed by atoms with Gasteiger partial charge < -0.3 is 4.74 Å². The number of unbranched alkanes of at least 4 members (excludes halogenated alkanes) is 2. The van der Waals surface area contributed by atoms with Gasteiger partial charge in [-0.2, -0.15) is 13.2 Å². The van der Waals surface area contributed by atoms with Crippen LogP contribution in [0.1, 0.15) is 56.6 Å². The van der Waals surface area contributed by atoms with E-state index in [0.29, 0.717) is 11.6 Å². The maximum atomic E-state index is 14.8. The number of nitrogens with zero attached hydrogens (tertiary/aromatic N) is 1. The molecule has 2 nitrogen and oxygen atoms in total. The van der Waals surface area contributed by atoms with Crippen molar-refractivity contribution >= 4 is 16.8 Å². The van der Waals surface area contributed by atoms with Crippen molar-refractivity contribution < 1.29 is 31.1 Å². The summed E-state index contributed by atoms with van der Waals surface area (Å²) in [7, 11) is 0. The monoisotopic (exact) mass is 531 g/mol. The van der Waals surface area contributed by atoms with Crippen LogP contribution in [0.5, 0.6) is 0 Å². The molecular formula is C30H27F6NO. The first kappa shape index (κ1) is 27.7. The lowest BCUT2D eigenvalue weighted by Gasteiger charge is -2.27. The summed E-state index contributed by atoms with van der Waals surface area (Å²) in [4.78, 5) is 4.34. The van der Waals surface area contributed by atoms with Crippen molar-refractivity contribution in [1.82, 2.24) is 4.98 Å². The number of hydrogen-bond donors (Lipinski definition) is 0. The van der Waals surface area contributed by atoms with E-state index in [-0.39, 0.29) is 17.1 Å². The zero-order chi connectivity index (χ0) is 27.3. The number of halogens is 6. The SMILES string of the molecule is CCCCCC1CCC(/C=C/c2ccc(-c3cc(F)c4c(F)c(C#CC(F)(F)F)c(F)cc4c3)nc2)OC1. The molecule has 2 unspecified atom stereocenters. The van der Waals surface area contributed by atoms with Crippen LogP contribution >= 0.6 is 0 Å². The smallest absolute Gasteiger partial charge is 0.374 e. The van der Waals surface area contributed by atoms with Gasteiger partial charge in [-0.05, 0) is 60.4 Å². The van der Waals surface area contributed by atoms with E-state index in [2.05, 4.69) is 11.9 Å². The van der Waals surface area contributed by atoms with Crippen molar-refractivity contribution in [3.05, 3.63) is 71.2 Å². The maximum absolute atomic E-state index is 14.8. The van der Waals surface area contributed by atoms with E-state index in [9.17, 15) is 26.3 Å². The van der Waals surface area contributed by atoms with E-state index in [1.807, 2.05) is 12.2 Å². The van der Waals surface area contributed by atoms with Crippen LogP contribution < -0.4 is 0 Å². The van der Waals surface area contributed by atoms with Gasteiger partial charge in [0.25, 0.3) is 0 Å². The van der Waals surface area contributed by atoms with Crippen LogP contribution in [-0.4, -0.2) is 23.9 Å². The maximum Gasteiger partial charge on any atom is 0.458 e. The van der Waals surface area contributed by atoms with Crippen molar-refractivity contribution in [2.75, 3.05) is 6.61 Å². The molecule has 0 saturated carbocycles. The first-order valence-electron chi connectivity index (χ1n) is 12.6. The molecule has 200 valence electrons. The summed E-state index contributed by atoms with van der Waals surface area (Å²) >= 11 is 0. The van der Waals surface area contributed by atoms with Crippen LogP contribution in [0.3, 0.4) is 0 Å². The molecule has 1 fully saturated rings. The molecule has 4 rings (SSSR count). The van der Waals surface area contributed by atoms with Gasteiger partial charge >= 0.3 is 6.18 Å². The molecule has 2 atom stereocenters. The van der Waals surface area contributed by atoms with E-state index in [4.69, 9.17) is 4.74 Å². The fraction of sp³-hybridized carbons (Fsp3) is 0.367. The minimum Gasteiger partial charge on any atom is -0.374 e. The number of hydrogen-bond acceptors (Lipinski definition) is 2. The summed E-state index contributed by atoms with van der Waals surface area (Å²) in [5, 5.41) is -0.790. The van der Waals surface area contributed by atoms with Crippen molar-refractivity contribution in [2.45, 2.75) is 57.7 Å². The predicted molar refractivity (Wildman–Crippen MR) is 136 cm³/mol. The van der Waals surface area contributed by atoms with Gasteiger partial charge in [0.2, 0.25) is 0 Å². The van der Waals surface area contributed by atoms with Gasteiger partial charge in [-0.3, -0.25) is 4.98 Å². The third-order valence-corrected chi connectivity index (χ3v) is 6.62. The number of alkyl halides is 3. The van der Waals surface area contributed by atoms with Gasteiger partial charge in [0, 0.05) is 17.7 Å². The van der Waals surface area contributed by atoms with Crippen molar-refractivity contribution in [2.24, 2.45) is 5.92 Å². The second-order valence-corrected chi connectivity index (χ2v) is 9.50. The Balaban J connectivity index is 1.48. The highest BCUT2D eigenvalue weighted by molar-refractivity contribution is 5.89. The average molecular weight is 532 g/mol. The number of rotatable bonds is 7. The quantitative estimate of drug-likeness (QED) is 0.173. The highest BCUT2D eigenvalue weighted by atomic mass is 19.4. The Morgan fingerprint density at radius 2 is 1.87 bits per heavy atom. The molecule has 0 bridgehead atoms. The van der Waals surface area contributed by atoms with Crippen LogP contribution in [0.4, 0.5) is 26.3 Å². The zero-order valence-electron chi connectivity index (χ0n) is 20.8. The molecule has 1 aliphatic rings. The van der Waals surface area contributed by atoms with Crippen molar-refractivity contribution in [1.29, 1.82) is 0 Å². The lowest BCUT2D eigenvalue weighted by atomic mass is 9.93. The largest absolute Gasteiger partial charge is 0.458 e. The summed E-state index contributed by atoms with van der Waals surface area (Å²) in [6, 6.07) is 6.54. The first-order chi connectivity index (χ1) is 18.1. The number of benzene rings is 2. The molecule has 0 radical (unpaired) electrons. The van der Waals surface area contributed by atoms with E-state index < -0.39 is 34.6 Å². The highest BCUT2D eigenvalue weighted by Crippen LogP contribution is 2.31. The number of fused-ring (bicyclic) bond motifs is 1. The Kier molecular flexibility index (Phi) is 8.78. The first-order valence-corrected chi connectivity index (χ1v) is 12.6. The van der Waals surface area contributed by atoms with Gasteiger partial charge in [0.15, 0.2) is 5.82 Å². The van der Waals surface area contributed by atoms with Crippen LogP contribution in [0.15, 0.2) is 42.6 Å². The molecule has 1 saturated heterocycles.